The van der Waals surface area contributed by atoms with Crippen molar-refractivity contribution in [2.75, 3.05) is 20.3 Å². The molecule has 21 heavy (non-hydrogen) atoms. The molecule has 1 aromatic heterocycles. The summed E-state index contributed by atoms with van der Waals surface area (Å²) in [6.45, 7) is 2.37. The van der Waals surface area contributed by atoms with Crippen molar-refractivity contribution in [3.63, 3.8) is 0 Å². The smallest absolute Gasteiger partial charge is 0.255 e. The SMILES string of the molecule is COc1cnc(C)cc1C(=O)N[C@@H]1CO[C@H]2[C@@H]1OC[C@H]2O. The fourth-order valence-corrected chi connectivity index (χ4v) is 2.74. The first-order chi connectivity index (χ1) is 10.1. The minimum absolute atomic E-state index is 0.236. The summed E-state index contributed by atoms with van der Waals surface area (Å²) >= 11 is 0. The van der Waals surface area contributed by atoms with E-state index in [1.165, 1.54) is 13.3 Å². The zero-order valence-electron chi connectivity index (χ0n) is 11.9. The van der Waals surface area contributed by atoms with E-state index >= 15 is 0 Å². The van der Waals surface area contributed by atoms with E-state index in [0.29, 0.717) is 17.9 Å². The van der Waals surface area contributed by atoms with Gasteiger partial charge >= 0.3 is 0 Å². The van der Waals surface area contributed by atoms with Crippen molar-refractivity contribution >= 4 is 5.91 Å². The van der Waals surface area contributed by atoms with Crippen LogP contribution in [0.3, 0.4) is 0 Å². The normalized spacial score (nSPS) is 31.0. The second kappa shape index (κ2) is 5.59. The average Bonchev–Trinajstić information content (AvgIpc) is 3.03. The molecule has 2 N–H and O–H groups in total. The summed E-state index contributed by atoms with van der Waals surface area (Å²) in [5, 5.41) is 12.6. The molecule has 0 unspecified atom stereocenters. The van der Waals surface area contributed by atoms with Gasteiger partial charge < -0.3 is 24.6 Å². The molecule has 0 radical (unpaired) electrons. The molecule has 114 valence electrons. The zero-order valence-corrected chi connectivity index (χ0v) is 11.9. The fraction of sp³-hybridized carbons (Fsp3) is 0.571. The molecule has 7 nitrogen and oxygen atoms in total. The highest BCUT2D eigenvalue weighted by Gasteiger charge is 2.47. The van der Waals surface area contributed by atoms with Crippen LogP contribution in [-0.2, 0) is 9.47 Å². The number of aryl methyl sites for hydroxylation is 1. The largest absolute Gasteiger partial charge is 0.494 e. The van der Waals surface area contributed by atoms with Crippen LogP contribution in [0.1, 0.15) is 16.1 Å². The van der Waals surface area contributed by atoms with Gasteiger partial charge in [0.2, 0.25) is 0 Å². The summed E-state index contributed by atoms with van der Waals surface area (Å²) < 4.78 is 16.1. The molecule has 0 spiro atoms. The van der Waals surface area contributed by atoms with Gasteiger partial charge in [-0.25, -0.2) is 0 Å². The van der Waals surface area contributed by atoms with E-state index in [1.54, 1.807) is 13.0 Å². The van der Waals surface area contributed by atoms with Crippen molar-refractivity contribution in [2.24, 2.45) is 0 Å². The molecule has 0 aromatic carbocycles. The van der Waals surface area contributed by atoms with Gasteiger partial charge in [0, 0.05) is 5.69 Å². The Morgan fingerprint density at radius 2 is 2.19 bits per heavy atom. The van der Waals surface area contributed by atoms with E-state index in [1.807, 2.05) is 0 Å². The van der Waals surface area contributed by atoms with Crippen LogP contribution < -0.4 is 10.1 Å². The topological polar surface area (TPSA) is 89.9 Å². The molecule has 2 aliphatic heterocycles. The van der Waals surface area contributed by atoms with Gasteiger partial charge in [-0.15, -0.1) is 0 Å². The number of rotatable bonds is 3. The molecule has 2 aliphatic rings. The second-order valence-corrected chi connectivity index (χ2v) is 5.27. The molecule has 2 saturated heterocycles. The number of carbonyl (C=O) groups excluding carboxylic acids is 1. The van der Waals surface area contributed by atoms with Gasteiger partial charge in [0.15, 0.2) is 0 Å². The maximum atomic E-state index is 12.4. The van der Waals surface area contributed by atoms with Crippen LogP contribution in [-0.4, -0.2) is 60.7 Å². The summed E-state index contributed by atoms with van der Waals surface area (Å²) in [4.78, 5) is 16.5. The van der Waals surface area contributed by atoms with Gasteiger partial charge in [-0.1, -0.05) is 0 Å². The van der Waals surface area contributed by atoms with E-state index in [4.69, 9.17) is 14.2 Å². The average molecular weight is 294 g/mol. The zero-order chi connectivity index (χ0) is 15.0. The summed E-state index contributed by atoms with van der Waals surface area (Å²) in [6, 6.07) is 1.39. The number of methoxy groups -OCH3 is 1. The molecule has 1 amide bonds. The third-order valence-corrected chi connectivity index (χ3v) is 3.81. The predicted octanol–water partition coefficient (Wildman–Crippen LogP) is -0.344. The highest BCUT2D eigenvalue weighted by atomic mass is 16.6. The molecule has 4 atom stereocenters. The van der Waals surface area contributed by atoms with Crippen molar-refractivity contribution in [1.29, 1.82) is 0 Å². The Morgan fingerprint density at radius 3 is 2.95 bits per heavy atom. The van der Waals surface area contributed by atoms with E-state index in [0.717, 1.165) is 5.69 Å². The monoisotopic (exact) mass is 294 g/mol. The number of aromatic nitrogens is 1. The molecule has 2 fully saturated rings. The quantitative estimate of drug-likeness (QED) is 0.792. The van der Waals surface area contributed by atoms with Crippen molar-refractivity contribution in [2.45, 2.75) is 31.3 Å². The number of hydrogen-bond donors (Lipinski definition) is 2. The molecular weight excluding hydrogens is 276 g/mol. The summed E-state index contributed by atoms with van der Waals surface area (Å²) in [5.41, 5.74) is 1.15. The number of ether oxygens (including phenoxy) is 3. The van der Waals surface area contributed by atoms with Gasteiger partial charge in [0.25, 0.3) is 5.91 Å². The Balaban J connectivity index is 1.74. The lowest BCUT2D eigenvalue weighted by molar-refractivity contribution is 0.0178. The standard InChI is InChI=1S/C14H18N2O5/c1-7-3-8(11(19-2)4-15-7)14(18)16-9-5-20-13-10(17)6-21-12(9)13/h3-4,9-10,12-13,17H,5-6H2,1-2H3,(H,16,18)/t9-,10-,12-,13-/m1/s1. The molecule has 7 heteroatoms. The fourth-order valence-electron chi connectivity index (χ4n) is 2.74. The molecule has 3 heterocycles. The molecule has 0 bridgehead atoms. The number of fused-ring (bicyclic) bond motifs is 1. The first-order valence-electron chi connectivity index (χ1n) is 6.83. The van der Waals surface area contributed by atoms with Gasteiger partial charge in [0.05, 0.1) is 38.1 Å². The van der Waals surface area contributed by atoms with Gasteiger partial charge in [-0.05, 0) is 13.0 Å². The van der Waals surface area contributed by atoms with Crippen molar-refractivity contribution in [3.05, 3.63) is 23.5 Å². The van der Waals surface area contributed by atoms with Crippen LogP contribution >= 0.6 is 0 Å². The Bertz CT molecular complexity index is 550. The number of nitrogens with one attached hydrogen (secondary N) is 1. The lowest BCUT2D eigenvalue weighted by atomic mass is 10.1. The number of hydrogen-bond acceptors (Lipinski definition) is 6. The summed E-state index contributed by atoms with van der Waals surface area (Å²) in [7, 11) is 1.49. The minimum atomic E-state index is -0.630. The Hall–Kier alpha value is -1.70. The number of aliphatic hydroxyl groups is 1. The Labute approximate surface area is 122 Å². The van der Waals surface area contributed by atoms with E-state index in [-0.39, 0.29) is 30.8 Å². The predicted molar refractivity (Wildman–Crippen MR) is 72.3 cm³/mol. The summed E-state index contributed by atoms with van der Waals surface area (Å²) in [5.74, 6) is 0.150. The maximum absolute atomic E-state index is 12.4. The van der Waals surface area contributed by atoms with Crippen molar-refractivity contribution < 1.29 is 24.1 Å². The van der Waals surface area contributed by atoms with Gasteiger partial charge in [-0.2, -0.15) is 0 Å². The Kier molecular flexibility index (Phi) is 3.79. The molecule has 0 saturated carbocycles. The highest BCUT2D eigenvalue weighted by Crippen LogP contribution is 2.27. The highest BCUT2D eigenvalue weighted by molar-refractivity contribution is 5.97. The Morgan fingerprint density at radius 1 is 1.43 bits per heavy atom. The minimum Gasteiger partial charge on any atom is -0.494 e. The first kappa shape index (κ1) is 14.2. The van der Waals surface area contributed by atoms with Crippen LogP contribution in [0.5, 0.6) is 5.75 Å². The molecular formula is C14H18N2O5. The first-order valence-corrected chi connectivity index (χ1v) is 6.83. The third kappa shape index (κ3) is 2.59. The lowest BCUT2D eigenvalue weighted by Gasteiger charge is -2.18. The van der Waals surface area contributed by atoms with Crippen LogP contribution in [0.15, 0.2) is 12.3 Å². The van der Waals surface area contributed by atoms with E-state index in [9.17, 15) is 9.90 Å². The van der Waals surface area contributed by atoms with Crippen LogP contribution in [0.2, 0.25) is 0 Å². The van der Waals surface area contributed by atoms with Gasteiger partial charge in [0.1, 0.15) is 24.1 Å². The molecule has 1 aromatic rings. The van der Waals surface area contributed by atoms with Gasteiger partial charge in [-0.3, -0.25) is 9.78 Å². The number of pyridine rings is 1. The second-order valence-electron chi connectivity index (χ2n) is 5.27. The number of aliphatic hydroxyl groups excluding tert-OH is 1. The number of amides is 1. The van der Waals surface area contributed by atoms with E-state index < -0.39 is 6.10 Å². The molecule has 0 aliphatic carbocycles. The van der Waals surface area contributed by atoms with Crippen LogP contribution in [0.4, 0.5) is 0 Å². The maximum Gasteiger partial charge on any atom is 0.255 e. The van der Waals surface area contributed by atoms with Crippen LogP contribution in [0.25, 0.3) is 0 Å². The van der Waals surface area contributed by atoms with Crippen LogP contribution in [0, 0.1) is 6.92 Å². The lowest BCUT2D eigenvalue weighted by Crippen LogP contribution is -2.44. The molecule has 3 rings (SSSR count). The number of nitrogens with zero attached hydrogens (tertiary/aromatic N) is 1. The van der Waals surface area contributed by atoms with Crippen molar-refractivity contribution in [3.8, 4) is 5.75 Å². The number of carbonyl (C=O) groups is 1. The third-order valence-electron chi connectivity index (χ3n) is 3.81. The summed E-state index contributed by atoms with van der Waals surface area (Å²) in [6.07, 6.45) is 0.220. The van der Waals surface area contributed by atoms with Crippen molar-refractivity contribution in [1.82, 2.24) is 10.3 Å². The van der Waals surface area contributed by atoms with E-state index in [2.05, 4.69) is 10.3 Å².